The normalized spacial score (nSPS) is 10.5. The number of carbonyl (C=O) groups is 2. The molecule has 0 saturated heterocycles. The maximum atomic E-state index is 12.4. The van der Waals surface area contributed by atoms with Crippen LogP contribution in [0.5, 0.6) is 5.75 Å². The number of benzene rings is 2. The number of nitrogens with one attached hydrogen (secondary N) is 2. The van der Waals surface area contributed by atoms with Gasteiger partial charge in [0.25, 0.3) is 5.91 Å². The molecule has 0 radical (unpaired) electrons. The van der Waals surface area contributed by atoms with E-state index in [1.54, 1.807) is 55.6 Å². The van der Waals surface area contributed by atoms with Crippen LogP contribution in [-0.4, -0.2) is 39.4 Å². The molecule has 0 aliphatic carbocycles. The Morgan fingerprint density at radius 3 is 2.71 bits per heavy atom. The molecule has 3 aromatic rings. The Labute approximate surface area is 189 Å². The summed E-state index contributed by atoms with van der Waals surface area (Å²) in [6.45, 7) is 2.76. The number of anilines is 1. The number of ether oxygens (including phenoxy) is 1. The van der Waals surface area contributed by atoms with Crippen LogP contribution in [0, 0.1) is 0 Å². The number of aromatic nitrogens is 3. The maximum Gasteiger partial charge on any atom is 0.251 e. The van der Waals surface area contributed by atoms with Crippen LogP contribution in [0.2, 0.25) is 5.02 Å². The number of methoxy groups -OCH3 is 1. The Morgan fingerprint density at radius 2 is 1.97 bits per heavy atom. The maximum absolute atomic E-state index is 12.4. The summed E-state index contributed by atoms with van der Waals surface area (Å²) in [6, 6.07) is 14.0. The van der Waals surface area contributed by atoms with Gasteiger partial charge >= 0.3 is 0 Å². The van der Waals surface area contributed by atoms with Crippen molar-refractivity contribution >= 4 is 40.9 Å². The highest BCUT2D eigenvalue weighted by molar-refractivity contribution is 7.99. The summed E-state index contributed by atoms with van der Waals surface area (Å²) in [5.41, 5.74) is 1.06. The lowest BCUT2D eigenvalue weighted by molar-refractivity contribution is -0.113. The fourth-order valence-corrected chi connectivity index (χ4v) is 3.78. The summed E-state index contributed by atoms with van der Waals surface area (Å²) in [5.74, 6) is 0.930. The van der Waals surface area contributed by atoms with Crippen molar-refractivity contribution in [3.8, 4) is 5.75 Å². The van der Waals surface area contributed by atoms with Crippen LogP contribution < -0.4 is 15.4 Å². The van der Waals surface area contributed by atoms with Gasteiger partial charge in [0.1, 0.15) is 5.75 Å². The molecule has 0 saturated carbocycles. The zero-order valence-electron chi connectivity index (χ0n) is 17.1. The van der Waals surface area contributed by atoms with Crippen LogP contribution in [0.25, 0.3) is 0 Å². The van der Waals surface area contributed by atoms with Gasteiger partial charge in [-0.3, -0.25) is 9.59 Å². The Balaban J connectivity index is 1.58. The van der Waals surface area contributed by atoms with E-state index in [4.69, 9.17) is 16.3 Å². The molecule has 2 amide bonds. The molecule has 0 aliphatic rings. The van der Waals surface area contributed by atoms with Crippen molar-refractivity contribution in [2.75, 3.05) is 18.2 Å². The first-order valence-corrected chi connectivity index (χ1v) is 10.9. The molecule has 0 aliphatic heterocycles. The predicted octanol–water partition coefficient (Wildman–Crippen LogP) is 3.62. The second-order valence-electron chi connectivity index (χ2n) is 6.37. The van der Waals surface area contributed by atoms with Gasteiger partial charge in [0.2, 0.25) is 5.91 Å². The number of carbonyl (C=O) groups excluding carboxylic acids is 2. The van der Waals surface area contributed by atoms with Crippen molar-refractivity contribution in [3.05, 3.63) is 64.9 Å². The highest BCUT2D eigenvalue weighted by atomic mass is 35.5. The zero-order chi connectivity index (χ0) is 22.2. The summed E-state index contributed by atoms with van der Waals surface area (Å²) in [4.78, 5) is 24.7. The highest BCUT2D eigenvalue weighted by Gasteiger charge is 2.15. The van der Waals surface area contributed by atoms with Gasteiger partial charge in [-0.15, -0.1) is 10.2 Å². The van der Waals surface area contributed by atoms with Gasteiger partial charge < -0.3 is 19.9 Å². The number of amides is 2. The van der Waals surface area contributed by atoms with Crippen LogP contribution >= 0.6 is 23.4 Å². The number of hydrogen-bond acceptors (Lipinski definition) is 6. The van der Waals surface area contributed by atoms with E-state index in [-0.39, 0.29) is 24.1 Å². The largest absolute Gasteiger partial charge is 0.497 e. The van der Waals surface area contributed by atoms with Crippen LogP contribution in [0.4, 0.5) is 5.69 Å². The molecule has 2 aromatic carbocycles. The Bertz CT molecular complexity index is 1070. The van der Waals surface area contributed by atoms with Gasteiger partial charge in [0.05, 0.1) is 30.1 Å². The monoisotopic (exact) mass is 459 g/mol. The van der Waals surface area contributed by atoms with Gasteiger partial charge in [-0.1, -0.05) is 41.6 Å². The van der Waals surface area contributed by atoms with Crippen LogP contribution in [0.3, 0.4) is 0 Å². The van der Waals surface area contributed by atoms with Crippen LogP contribution in [-0.2, 0) is 17.9 Å². The number of nitrogens with zero attached hydrogens (tertiary/aromatic N) is 3. The van der Waals surface area contributed by atoms with E-state index < -0.39 is 0 Å². The number of thioether (sulfide) groups is 1. The summed E-state index contributed by atoms with van der Waals surface area (Å²) in [5, 5.41) is 15.0. The first-order chi connectivity index (χ1) is 15.0. The van der Waals surface area contributed by atoms with E-state index in [9.17, 15) is 9.59 Å². The zero-order valence-corrected chi connectivity index (χ0v) is 18.7. The van der Waals surface area contributed by atoms with E-state index in [1.807, 2.05) is 11.5 Å². The Morgan fingerprint density at radius 1 is 1.16 bits per heavy atom. The third-order valence-corrected chi connectivity index (χ3v) is 5.63. The predicted molar refractivity (Wildman–Crippen MR) is 121 cm³/mol. The van der Waals surface area contributed by atoms with E-state index >= 15 is 0 Å². The minimum absolute atomic E-state index is 0.152. The number of hydrogen-bond donors (Lipinski definition) is 2. The molecular weight excluding hydrogens is 438 g/mol. The molecule has 3 rings (SSSR count). The molecule has 31 heavy (non-hydrogen) atoms. The first kappa shape index (κ1) is 22.6. The first-order valence-electron chi connectivity index (χ1n) is 9.53. The molecule has 1 aromatic heterocycles. The van der Waals surface area contributed by atoms with E-state index in [0.717, 1.165) is 0 Å². The average molecular weight is 460 g/mol. The fourth-order valence-electron chi connectivity index (χ4n) is 2.78. The van der Waals surface area contributed by atoms with Crippen LogP contribution in [0.1, 0.15) is 23.1 Å². The molecule has 0 fully saturated rings. The molecule has 1 heterocycles. The number of halogens is 1. The summed E-state index contributed by atoms with van der Waals surface area (Å²) in [6.07, 6.45) is 0. The van der Waals surface area contributed by atoms with Gasteiger partial charge in [-0.2, -0.15) is 0 Å². The van der Waals surface area contributed by atoms with E-state index in [1.165, 1.54) is 11.8 Å². The van der Waals surface area contributed by atoms with Crippen molar-refractivity contribution in [1.82, 2.24) is 20.1 Å². The molecule has 0 unspecified atom stereocenters. The van der Waals surface area contributed by atoms with Crippen molar-refractivity contribution < 1.29 is 14.3 Å². The van der Waals surface area contributed by atoms with Crippen molar-refractivity contribution in [1.29, 1.82) is 0 Å². The molecular formula is C21H22ClN5O3S. The standard InChI is InChI=1S/C21H22ClN5O3S/c1-3-27-18(12-23-20(29)14-7-6-8-15(11-14)30-2)25-26-21(27)31-13-19(28)24-17-10-5-4-9-16(17)22/h4-11H,3,12-13H2,1-2H3,(H,23,29)(H,24,28). The SMILES string of the molecule is CCn1c(CNC(=O)c2cccc(OC)c2)nnc1SCC(=O)Nc1ccccc1Cl. The number of rotatable bonds is 9. The summed E-state index contributed by atoms with van der Waals surface area (Å²) >= 11 is 7.33. The molecule has 0 atom stereocenters. The topological polar surface area (TPSA) is 98.1 Å². The molecule has 2 N–H and O–H groups in total. The van der Waals surface area contributed by atoms with E-state index in [0.29, 0.717) is 39.5 Å². The van der Waals surface area contributed by atoms with Crippen molar-refractivity contribution in [2.45, 2.75) is 25.2 Å². The second kappa shape index (κ2) is 10.8. The third-order valence-electron chi connectivity index (χ3n) is 4.33. The van der Waals surface area contributed by atoms with E-state index in [2.05, 4.69) is 20.8 Å². The minimum Gasteiger partial charge on any atom is -0.497 e. The van der Waals surface area contributed by atoms with Crippen LogP contribution in [0.15, 0.2) is 53.7 Å². The Hall–Kier alpha value is -3.04. The molecule has 10 heteroatoms. The highest BCUT2D eigenvalue weighted by Crippen LogP contribution is 2.22. The average Bonchev–Trinajstić information content (AvgIpc) is 3.19. The van der Waals surface area contributed by atoms with Gasteiger partial charge in [-0.25, -0.2) is 0 Å². The van der Waals surface area contributed by atoms with Gasteiger partial charge in [0, 0.05) is 12.1 Å². The summed E-state index contributed by atoms with van der Waals surface area (Å²) in [7, 11) is 1.55. The minimum atomic E-state index is -0.238. The quantitative estimate of drug-likeness (QED) is 0.474. The third kappa shape index (κ3) is 5.99. The molecule has 8 nitrogen and oxygen atoms in total. The molecule has 0 spiro atoms. The smallest absolute Gasteiger partial charge is 0.251 e. The van der Waals surface area contributed by atoms with Gasteiger partial charge in [-0.05, 0) is 37.3 Å². The Kier molecular flexibility index (Phi) is 7.91. The lowest BCUT2D eigenvalue weighted by Gasteiger charge is -2.09. The number of para-hydroxylation sites is 1. The van der Waals surface area contributed by atoms with Crippen molar-refractivity contribution in [2.24, 2.45) is 0 Å². The summed E-state index contributed by atoms with van der Waals surface area (Å²) < 4.78 is 7.01. The fraction of sp³-hybridized carbons (Fsp3) is 0.238. The lowest BCUT2D eigenvalue weighted by atomic mass is 10.2. The van der Waals surface area contributed by atoms with Crippen molar-refractivity contribution in [3.63, 3.8) is 0 Å². The second-order valence-corrected chi connectivity index (χ2v) is 7.72. The van der Waals surface area contributed by atoms with Gasteiger partial charge in [0.15, 0.2) is 11.0 Å². The molecule has 0 bridgehead atoms. The molecule has 162 valence electrons. The lowest BCUT2D eigenvalue weighted by Crippen LogP contribution is -2.24.